The van der Waals surface area contributed by atoms with Crippen LogP contribution in [0, 0.1) is 0 Å². The molecule has 128 valence electrons. The van der Waals surface area contributed by atoms with E-state index in [0.717, 1.165) is 36.2 Å². The summed E-state index contributed by atoms with van der Waals surface area (Å²) in [5.74, 6) is 0. The lowest BCUT2D eigenvalue weighted by Gasteiger charge is -2.33. The third-order valence-corrected chi connectivity index (χ3v) is 6.56. The van der Waals surface area contributed by atoms with Gasteiger partial charge in [0, 0.05) is 55.5 Å². The molecule has 5 nitrogen and oxygen atoms in total. The van der Waals surface area contributed by atoms with Crippen molar-refractivity contribution in [3.8, 4) is 0 Å². The van der Waals surface area contributed by atoms with E-state index in [-0.39, 0.29) is 0 Å². The van der Waals surface area contributed by atoms with Crippen LogP contribution in [0.25, 0.3) is 0 Å². The standard InChI is InChI=1S/C17H20BrN3O2S/c18-15-4-3-6-17(14-15)24(22,23)21-12-10-20(11-13-21)9-7-16-5-1-2-8-19-16/h1-6,8,14H,7,9-13H2. The summed E-state index contributed by atoms with van der Waals surface area (Å²) in [4.78, 5) is 6.97. The van der Waals surface area contributed by atoms with E-state index in [1.807, 2.05) is 24.3 Å². The molecule has 0 spiro atoms. The van der Waals surface area contributed by atoms with Crippen molar-refractivity contribution >= 4 is 26.0 Å². The number of pyridine rings is 1. The van der Waals surface area contributed by atoms with Gasteiger partial charge in [-0.25, -0.2) is 8.42 Å². The molecule has 0 unspecified atom stereocenters. The lowest BCUT2D eigenvalue weighted by atomic mass is 10.2. The molecular formula is C17H20BrN3O2S. The van der Waals surface area contributed by atoms with E-state index >= 15 is 0 Å². The summed E-state index contributed by atoms with van der Waals surface area (Å²) < 4.78 is 27.8. The van der Waals surface area contributed by atoms with Crippen molar-refractivity contribution in [1.82, 2.24) is 14.2 Å². The van der Waals surface area contributed by atoms with Gasteiger partial charge in [-0.3, -0.25) is 4.98 Å². The maximum Gasteiger partial charge on any atom is 0.243 e. The molecular weight excluding hydrogens is 390 g/mol. The monoisotopic (exact) mass is 409 g/mol. The minimum absolute atomic E-state index is 0.346. The molecule has 0 saturated carbocycles. The molecule has 1 aromatic heterocycles. The van der Waals surface area contributed by atoms with Crippen molar-refractivity contribution in [3.63, 3.8) is 0 Å². The topological polar surface area (TPSA) is 53.5 Å². The van der Waals surface area contributed by atoms with Gasteiger partial charge in [-0.15, -0.1) is 0 Å². The number of hydrogen-bond donors (Lipinski definition) is 0. The zero-order valence-corrected chi connectivity index (χ0v) is 15.7. The SMILES string of the molecule is O=S(=O)(c1cccc(Br)c1)N1CCN(CCc2ccccn2)CC1. The fourth-order valence-electron chi connectivity index (χ4n) is 2.79. The molecule has 0 radical (unpaired) electrons. The second kappa shape index (κ2) is 7.74. The van der Waals surface area contributed by atoms with Crippen molar-refractivity contribution < 1.29 is 8.42 Å². The molecule has 1 aliphatic heterocycles. The van der Waals surface area contributed by atoms with Gasteiger partial charge in [0.1, 0.15) is 0 Å². The van der Waals surface area contributed by atoms with E-state index in [2.05, 4.69) is 25.8 Å². The molecule has 24 heavy (non-hydrogen) atoms. The van der Waals surface area contributed by atoms with Gasteiger partial charge in [0.15, 0.2) is 0 Å². The Morgan fingerprint density at radius 1 is 1.04 bits per heavy atom. The molecule has 2 aromatic rings. The summed E-state index contributed by atoms with van der Waals surface area (Å²) in [7, 11) is -3.41. The largest absolute Gasteiger partial charge is 0.300 e. The highest BCUT2D eigenvalue weighted by Gasteiger charge is 2.28. The fraction of sp³-hybridized carbons (Fsp3) is 0.353. The number of piperazine rings is 1. The summed E-state index contributed by atoms with van der Waals surface area (Å²) in [5, 5.41) is 0. The van der Waals surface area contributed by atoms with Crippen LogP contribution in [0.15, 0.2) is 58.0 Å². The smallest absolute Gasteiger partial charge is 0.243 e. The van der Waals surface area contributed by atoms with E-state index in [0.29, 0.717) is 18.0 Å². The second-order valence-corrected chi connectivity index (χ2v) is 8.63. The number of aromatic nitrogens is 1. The van der Waals surface area contributed by atoms with Crippen LogP contribution in [0.1, 0.15) is 5.69 Å². The summed E-state index contributed by atoms with van der Waals surface area (Å²) in [5.41, 5.74) is 1.07. The van der Waals surface area contributed by atoms with Crippen molar-refractivity contribution in [2.75, 3.05) is 32.7 Å². The molecule has 3 rings (SSSR count). The first-order chi connectivity index (χ1) is 11.6. The van der Waals surface area contributed by atoms with E-state index in [4.69, 9.17) is 0 Å². The van der Waals surface area contributed by atoms with Crippen molar-refractivity contribution in [2.24, 2.45) is 0 Å². The Labute approximate surface area is 151 Å². The van der Waals surface area contributed by atoms with Crippen LogP contribution in [-0.2, 0) is 16.4 Å². The molecule has 0 N–H and O–H groups in total. The fourth-order valence-corrected chi connectivity index (χ4v) is 4.81. The van der Waals surface area contributed by atoms with Crippen molar-refractivity contribution in [3.05, 3.63) is 58.8 Å². The van der Waals surface area contributed by atoms with E-state index in [1.54, 1.807) is 28.7 Å². The molecule has 1 aromatic carbocycles. The number of benzene rings is 1. The van der Waals surface area contributed by atoms with Gasteiger partial charge in [-0.2, -0.15) is 4.31 Å². The Bertz CT molecular complexity index is 775. The Balaban J connectivity index is 1.56. The molecule has 0 amide bonds. The summed E-state index contributed by atoms with van der Waals surface area (Å²) >= 11 is 3.33. The Kier molecular flexibility index (Phi) is 5.65. The highest BCUT2D eigenvalue weighted by molar-refractivity contribution is 9.10. The van der Waals surface area contributed by atoms with Crippen LogP contribution in [0.3, 0.4) is 0 Å². The Morgan fingerprint density at radius 3 is 2.50 bits per heavy atom. The molecule has 0 atom stereocenters. The lowest BCUT2D eigenvalue weighted by Crippen LogP contribution is -2.49. The van der Waals surface area contributed by atoms with Gasteiger partial charge in [-0.1, -0.05) is 28.1 Å². The first kappa shape index (κ1) is 17.5. The highest BCUT2D eigenvalue weighted by Crippen LogP contribution is 2.21. The normalized spacial score (nSPS) is 17.0. The van der Waals surface area contributed by atoms with E-state index in [9.17, 15) is 8.42 Å². The third kappa shape index (κ3) is 4.22. The zero-order valence-electron chi connectivity index (χ0n) is 13.3. The molecule has 0 bridgehead atoms. The maximum absolute atomic E-state index is 12.7. The van der Waals surface area contributed by atoms with Crippen LogP contribution in [0.4, 0.5) is 0 Å². The summed E-state index contributed by atoms with van der Waals surface area (Å²) in [6, 6.07) is 12.8. The number of nitrogens with zero attached hydrogens (tertiary/aromatic N) is 3. The van der Waals surface area contributed by atoms with Gasteiger partial charge in [0.25, 0.3) is 0 Å². The minimum Gasteiger partial charge on any atom is -0.300 e. The highest BCUT2D eigenvalue weighted by atomic mass is 79.9. The predicted molar refractivity (Wildman–Crippen MR) is 97.3 cm³/mol. The van der Waals surface area contributed by atoms with Crippen LogP contribution >= 0.6 is 15.9 Å². The molecule has 0 aliphatic carbocycles. The van der Waals surface area contributed by atoms with E-state index in [1.165, 1.54) is 0 Å². The van der Waals surface area contributed by atoms with Gasteiger partial charge in [0.05, 0.1) is 4.90 Å². The minimum atomic E-state index is -3.41. The lowest BCUT2D eigenvalue weighted by molar-refractivity contribution is 0.190. The average Bonchev–Trinajstić information content (AvgIpc) is 2.61. The number of halogens is 1. The molecule has 1 fully saturated rings. The van der Waals surface area contributed by atoms with Gasteiger partial charge in [-0.05, 0) is 30.3 Å². The average molecular weight is 410 g/mol. The first-order valence-corrected chi connectivity index (χ1v) is 10.2. The number of sulfonamides is 1. The Hall–Kier alpha value is -1.28. The van der Waals surface area contributed by atoms with E-state index < -0.39 is 10.0 Å². The zero-order chi connectivity index (χ0) is 17.0. The number of rotatable bonds is 5. The second-order valence-electron chi connectivity index (χ2n) is 5.77. The van der Waals surface area contributed by atoms with Gasteiger partial charge >= 0.3 is 0 Å². The molecule has 7 heteroatoms. The predicted octanol–water partition coefficient (Wildman–Crippen LogP) is 2.39. The van der Waals surface area contributed by atoms with Gasteiger partial charge in [0.2, 0.25) is 10.0 Å². The van der Waals surface area contributed by atoms with Crippen LogP contribution in [-0.4, -0.2) is 55.3 Å². The summed E-state index contributed by atoms with van der Waals surface area (Å²) in [6.45, 7) is 3.45. The van der Waals surface area contributed by atoms with Crippen molar-refractivity contribution in [2.45, 2.75) is 11.3 Å². The van der Waals surface area contributed by atoms with Crippen molar-refractivity contribution in [1.29, 1.82) is 0 Å². The number of hydrogen-bond acceptors (Lipinski definition) is 4. The summed E-state index contributed by atoms with van der Waals surface area (Å²) in [6.07, 6.45) is 2.69. The third-order valence-electron chi connectivity index (χ3n) is 4.18. The Morgan fingerprint density at radius 2 is 1.83 bits per heavy atom. The first-order valence-electron chi connectivity index (χ1n) is 7.94. The quantitative estimate of drug-likeness (QED) is 0.760. The van der Waals surface area contributed by atoms with Crippen LogP contribution in [0.2, 0.25) is 0 Å². The van der Waals surface area contributed by atoms with Crippen LogP contribution in [0.5, 0.6) is 0 Å². The molecule has 2 heterocycles. The maximum atomic E-state index is 12.7. The van der Waals surface area contributed by atoms with Crippen LogP contribution < -0.4 is 0 Å². The van der Waals surface area contributed by atoms with Gasteiger partial charge < -0.3 is 4.90 Å². The molecule has 1 saturated heterocycles. The molecule has 1 aliphatic rings.